The Morgan fingerprint density at radius 1 is 0.926 bits per heavy atom. The number of nitrogens with one attached hydrogen (secondary N) is 2. The number of rotatable bonds is 7. The molecule has 0 aliphatic carbocycles. The fraction of sp³-hybridized carbons (Fsp3) is 0.333. The molecular weight excluding hydrogens is 342 g/mol. The monoisotopic (exact) mass is 369 g/mol. The minimum atomic E-state index is -0.716. The molecule has 0 saturated heterocycles. The second-order valence-corrected chi connectivity index (χ2v) is 6.04. The first-order valence-corrected chi connectivity index (χ1v) is 9.19. The summed E-state index contributed by atoms with van der Waals surface area (Å²) in [4.78, 5) is 26.6. The molecule has 27 heavy (non-hydrogen) atoms. The van der Waals surface area contributed by atoms with Crippen LogP contribution < -0.4 is 20.3 Å². The molecule has 0 aliphatic heterocycles. The number of carbonyl (C=O) groups is 2. The van der Waals surface area contributed by atoms with Crippen molar-refractivity contribution in [3.8, 4) is 5.75 Å². The third-order valence-electron chi connectivity index (χ3n) is 4.22. The highest BCUT2D eigenvalue weighted by Gasteiger charge is 2.15. The quantitative estimate of drug-likeness (QED) is 0.728. The summed E-state index contributed by atoms with van der Waals surface area (Å²) in [5, 5.41) is 5.25. The Bertz CT molecular complexity index is 784. The van der Waals surface area contributed by atoms with Gasteiger partial charge in [-0.2, -0.15) is 0 Å². The summed E-state index contributed by atoms with van der Waals surface area (Å²) in [7, 11) is 0. The van der Waals surface area contributed by atoms with Crippen molar-refractivity contribution >= 4 is 28.9 Å². The lowest BCUT2D eigenvalue weighted by atomic mass is 10.1. The van der Waals surface area contributed by atoms with Gasteiger partial charge >= 0.3 is 11.8 Å². The number of amides is 2. The van der Waals surface area contributed by atoms with Crippen molar-refractivity contribution in [2.75, 3.05) is 35.2 Å². The topological polar surface area (TPSA) is 70.7 Å². The molecule has 2 rings (SSSR count). The van der Waals surface area contributed by atoms with E-state index in [4.69, 9.17) is 4.74 Å². The molecule has 2 aromatic rings. The summed E-state index contributed by atoms with van der Waals surface area (Å²) in [5.41, 5.74) is 3.15. The van der Waals surface area contributed by atoms with Gasteiger partial charge in [0.2, 0.25) is 0 Å². The number of hydrogen-bond acceptors (Lipinski definition) is 4. The number of ether oxygens (including phenoxy) is 1. The van der Waals surface area contributed by atoms with Gasteiger partial charge in [-0.05, 0) is 75.7 Å². The van der Waals surface area contributed by atoms with Crippen LogP contribution >= 0.6 is 0 Å². The van der Waals surface area contributed by atoms with E-state index in [1.807, 2.05) is 32.0 Å². The van der Waals surface area contributed by atoms with Gasteiger partial charge in [0.1, 0.15) is 5.75 Å². The lowest BCUT2D eigenvalue weighted by Crippen LogP contribution is -2.29. The third kappa shape index (κ3) is 5.48. The highest BCUT2D eigenvalue weighted by molar-refractivity contribution is 6.43. The van der Waals surface area contributed by atoms with Crippen LogP contribution in [0.2, 0.25) is 0 Å². The van der Waals surface area contributed by atoms with E-state index in [0.29, 0.717) is 23.7 Å². The van der Waals surface area contributed by atoms with Crippen molar-refractivity contribution in [1.29, 1.82) is 0 Å². The van der Waals surface area contributed by atoms with Crippen LogP contribution in [0.1, 0.15) is 26.3 Å². The Labute approximate surface area is 160 Å². The number of anilines is 3. The zero-order valence-corrected chi connectivity index (χ0v) is 16.3. The van der Waals surface area contributed by atoms with Gasteiger partial charge in [0.05, 0.1) is 6.61 Å². The SMILES string of the molecule is CCOc1ccc(NC(=O)C(=O)Nc2ccc(N(CC)CC)cc2C)cc1. The van der Waals surface area contributed by atoms with Crippen molar-refractivity contribution in [2.24, 2.45) is 0 Å². The maximum Gasteiger partial charge on any atom is 0.314 e. The van der Waals surface area contributed by atoms with Gasteiger partial charge < -0.3 is 20.3 Å². The number of carbonyl (C=O) groups excluding carboxylic acids is 2. The summed E-state index contributed by atoms with van der Waals surface area (Å²) in [6.07, 6.45) is 0. The number of benzene rings is 2. The van der Waals surface area contributed by atoms with Crippen LogP contribution in [0.5, 0.6) is 5.75 Å². The second-order valence-electron chi connectivity index (χ2n) is 6.04. The molecule has 6 heteroatoms. The maximum atomic E-state index is 12.2. The van der Waals surface area contributed by atoms with Crippen LogP contribution in [0.4, 0.5) is 17.1 Å². The van der Waals surface area contributed by atoms with Gasteiger partial charge in [-0.1, -0.05) is 0 Å². The van der Waals surface area contributed by atoms with E-state index in [2.05, 4.69) is 29.4 Å². The number of aryl methyl sites for hydroxylation is 1. The fourth-order valence-corrected chi connectivity index (χ4v) is 2.74. The molecule has 0 fully saturated rings. The molecule has 0 unspecified atom stereocenters. The molecule has 0 radical (unpaired) electrons. The summed E-state index contributed by atoms with van der Waals surface area (Å²) in [6, 6.07) is 12.7. The minimum absolute atomic E-state index is 0.534. The molecule has 144 valence electrons. The Morgan fingerprint density at radius 3 is 2.11 bits per heavy atom. The Morgan fingerprint density at radius 2 is 1.56 bits per heavy atom. The molecule has 0 bridgehead atoms. The minimum Gasteiger partial charge on any atom is -0.494 e. The normalized spacial score (nSPS) is 10.2. The lowest BCUT2D eigenvalue weighted by molar-refractivity contribution is -0.133. The zero-order chi connectivity index (χ0) is 19.8. The Balaban J connectivity index is 2.00. The van der Waals surface area contributed by atoms with E-state index < -0.39 is 11.8 Å². The summed E-state index contributed by atoms with van der Waals surface area (Å²) in [6.45, 7) is 10.4. The van der Waals surface area contributed by atoms with Crippen LogP contribution in [0, 0.1) is 6.92 Å². The highest BCUT2D eigenvalue weighted by Crippen LogP contribution is 2.23. The van der Waals surface area contributed by atoms with Gasteiger partial charge in [-0.15, -0.1) is 0 Å². The van der Waals surface area contributed by atoms with Crippen LogP contribution in [0.25, 0.3) is 0 Å². The molecule has 0 aromatic heterocycles. The highest BCUT2D eigenvalue weighted by atomic mass is 16.5. The van der Waals surface area contributed by atoms with E-state index in [1.165, 1.54) is 0 Å². The molecule has 6 nitrogen and oxygen atoms in total. The number of hydrogen-bond donors (Lipinski definition) is 2. The standard InChI is InChI=1S/C21H27N3O3/c1-5-24(6-2)17-10-13-19(15(4)14-17)23-21(26)20(25)22-16-8-11-18(12-9-16)27-7-3/h8-14H,5-7H2,1-4H3,(H,22,25)(H,23,26). The molecule has 0 aliphatic rings. The molecule has 2 aromatic carbocycles. The third-order valence-corrected chi connectivity index (χ3v) is 4.22. The Hall–Kier alpha value is -3.02. The predicted octanol–water partition coefficient (Wildman–Crippen LogP) is 3.82. The summed E-state index contributed by atoms with van der Waals surface area (Å²) >= 11 is 0. The van der Waals surface area contributed by atoms with Crippen molar-refractivity contribution in [3.63, 3.8) is 0 Å². The van der Waals surface area contributed by atoms with Crippen molar-refractivity contribution in [2.45, 2.75) is 27.7 Å². The fourth-order valence-electron chi connectivity index (χ4n) is 2.74. The van der Waals surface area contributed by atoms with Gasteiger partial charge in [0.15, 0.2) is 0 Å². The van der Waals surface area contributed by atoms with Crippen LogP contribution in [-0.2, 0) is 9.59 Å². The van der Waals surface area contributed by atoms with Crippen molar-refractivity contribution in [1.82, 2.24) is 0 Å². The Kier molecular flexibility index (Phi) is 7.23. The maximum absolute atomic E-state index is 12.2. The van der Waals surface area contributed by atoms with Crippen LogP contribution in [0.15, 0.2) is 42.5 Å². The van der Waals surface area contributed by atoms with E-state index >= 15 is 0 Å². The average molecular weight is 369 g/mol. The van der Waals surface area contributed by atoms with E-state index in [0.717, 1.165) is 24.3 Å². The first-order chi connectivity index (χ1) is 13.0. The lowest BCUT2D eigenvalue weighted by Gasteiger charge is -2.22. The zero-order valence-electron chi connectivity index (χ0n) is 16.3. The average Bonchev–Trinajstić information content (AvgIpc) is 2.66. The summed E-state index contributed by atoms with van der Waals surface area (Å²) in [5.74, 6) is -0.710. The molecule has 2 N–H and O–H groups in total. The van der Waals surface area contributed by atoms with Gasteiger partial charge in [0, 0.05) is 30.2 Å². The van der Waals surface area contributed by atoms with Crippen LogP contribution in [-0.4, -0.2) is 31.5 Å². The molecule has 0 spiro atoms. The molecule has 0 saturated carbocycles. The van der Waals surface area contributed by atoms with E-state index in [1.54, 1.807) is 24.3 Å². The second kappa shape index (κ2) is 9.62. The molecular formula is C21H27N3O3. The van der Waals surface area contributed by atoms with Crippen molar-refractivity contribution in [3.05, 3.63) is 48.0 Å². The molecule has 0 heterocycles. The molecule has 2 amide bonds. The van der Waals surface area contributed by atoms with E-state index in [-0.39, 0.29) is 0 Å². The van der Waals surface area contributed by atoms with Gasteiger partial charge in [0.25, 0.3) is 0 Å². The molecule has 0 atom stereocenters. The number of nitrogens with zero attached hydrogens (tertiary/aromatic N) is 1. The first kappa shape index (κ1) is 20.3. The first-order valence-electron chi connectivity index (χ1n) is 9.19. The van der Waals surface area contributed by atoms with Gasteiger partial charge in [-0.3, -0.25) is 9.59 Å². The predicted molar refractivity (Wildman–Crippen MR) is 110 cm³/mol. The van der Waals surface area contributed by atoms with E-state index in [9.17, 15) is 9.59 Å². The van der Waals surface area contributed by atoms with Gasteiger partial charge in [-0.25, -0.2) is 0 Å². The largest absolute Gasteiger partial charge is 0.494 e. The summed E-state index contributed by atoms with van der Waals surface area (Å²) < 4.78 is 5.35. The smallest absolute Gasteiger partial charge is 0.314 e. The van der Waals surface area contributed by atoms with Crippen LogP contribution in [0.3, 0.4) is 0 Å². The van der Waals surface area contributed by atoms with Crippen molar-refractivity contribution < 1.29 is 14.3 Å².